The number of hydrogen-bond donors (Lipinski definition) is 1. The molecule has 28 heavy (non-hydrogen) atoms. The van der Waals surface area contributed by atoms with Gasteiger partial charge in [0, 0.05) is 32.7 Å². The summed E-state index contributed by atoms with van der Waals surface area (Å²) in [5.41, 5.74) is 6.14. The summed E-state index contributed by atoms with van der Waals surface area (Å²) in [6.07, 6.45) is 1.64. The third-order valence-electron chi connectivity index (χ3n) is 4.88. The van der Waals surface area contributed by atoms with Crippen molar-refractivity contribution in [1.82, 2.24) is 15.2 Å². The lowest BCUT2D eigenvalue weighted by atomic mass is 10.1. The van der Waals surface area contributed by atoms with Gasteiger partial charge in [-0.25, -0.2) is 5.43 Å². The number of methoxy groups -OCH3 is 1. The van der Waals surface area contributed by atoms with E-state index >= 15 is 0 Å². The second-order valence-electron chi connectivity index (χ2n) is 7.10. The molecule has 1 aliphatic rings. The molecule has 0 unspecified atom stereocenters. The number of benzene rings is 2. The fraction of sp³-hybridized carbons (Fsp3) is 0.364. The fourth-order valence-electron chi connectivity index (χ4n) is 3.16. The molecular formula is C22H28N4O2. The number of hydrazone groups is 1. The summed E-state index contributed by atoms with van der Waals surface area (Å²) in [5.74, 6) is 0.708. The van der Waals surface area contributed by atoms with Crippen molar-refractivity contribution in [1.29, 1.82) is 0 Å². The summed E-state index contributed by atoms with van der Waals surface area (Å²) in [5, 5.41) is 4.04. The monoisotopic (exact) mass is 380 g/mol. The van der Waals surface area contributed by atoms with Crippen LogP contribution in [-0.2, 0) is 11.3 Å². The molecule has 0 saturated carbocycles. The Labute approximate surface area is 166 Å². The summed E-state index contributed by atoms with van der Waals surface area (Å²) >= 11 is 0. The molecule has 0 bridgehead atoms. The molecule has 1 saturated heterocycles. The van der Waals surface area contributed by atoms with Crippen molar-refractivity contribution in [3.63, 3.8) is 0 Å². The van der Waals surface area contributed by atoms with Crippen LogP contribution in [0.4, 0.5) is 0 Å². The molecule has 6 heteroatoms. The zero-order chi connectivity index (χ0) is 19.8. The molecule has 1 aliphatic heterocycles. The van der Waals surface area contributed by atoms with Gasteiger partial charge in [0.1, 0.15) is 5.75 Å². The van der Waals surface area contributed by atoms with E-state index in [9.17, 15) is 4.79 Å². The van der Waals surface area contributed by atoms with Crippen LogP contribution in [0.2, 0.25) is 0 Å². The van der Waals surface area contributed by atoms with E-state index < -0.39 is 0 Å². The molecule has 1 heterocycles. The van der Waals surface area contributed by atoms with E-state index in [1.807, 2.05) is 24.3 Å². The lowest BCUT2D eigenvalue weighted by molar-refractivity contribution is -0.122. The van der Waals surface area contributed by atoms with Gasteiger partial charge in [0.2, 0.25) is 0 Å². The summed E-state index contributed by atoms with van der Waals surface area (Å²) in [7, 11) is 1.63. The average molecular weight is 380 g/mol. The van der Waals surface area contributed by atoms with Crippen LogP contribution >= 0.6 is 0 Å². The molecule has 0 atom stereocenters. The zero-order valence-corrected chi connectivity index (χ0v) is 16.6. The highest BCUT2D eigenvalue weighted by Gasteiger charge is 2.18. The first kappa shape index (κ1) is 20.0. The molecule has 3 rings (SSSR count). The molecule has 1 amide bonds. The lowest BCUT2D eigenvalue weighted by Gasteiger charge is -2.34. The van der Waals surface area contributed by atoms with E-state index in [1.165, 1.54) is 11.1 Å². The van der Waals surface area contributed by atoms with Crippen molar-refractivity contribution >= 4 is 12.1 Å². The number of piperazine rings is 1. The van der Waals surface area contributed by atoms with Crippen LogP contribution in [0.15, 0.2) is 53.6 Å². The topological polar surface area (TPSA) is 57.2 Å². The van der Waals surface area contributed by atoms with Gasteiger partial charge in [0.15, 0.2) is 0 Å². The Morgan fingerprint density at radius 2 is 1.68 bits per heavy atom. The Balaban J connectivity index is 1.37. The van der Waals surface area contributed by atoms with Gasteiger partial charge in [0.05, 0.1) is 19.9 Å². The number of amides is 1. The van der Waals surface area contributed by atoms with E-state index in [0.717, 1.165) is 44.0 Å². The second-order valence-corrected chi connectivity index (χ2v) is 7.10. The Morgan fingerprint density at radius 3 is 2.32 bits per heavy atom. The SMILES string of the molecule is COc1ccc(/C=N\NC(=O)CN2CCN(Cc3ccc(C)cc3)CC2)cc1. The Hall–Kier alpha value is -2.70. The first-order valence-corrected chi connectivity index (χ1v) is 9.58. The maximum Gasteiger partial charge on any atom is 0.254 e. The van der Waals surface area contributed by atoms with Gasteiger partial charge >= 0.3 is 0 Å². The highest BCUT2D eigenvalue weighted by molar-refractivity contribution is 5.83. The van der Waals surface area contributed by atoms with Gasteiger partial charge in [-0.05, 0) is 42.3 Å². The molecule has 2 aromatic carbocycles. The van der Waals surface area contributed by atoms with E-state index in [1.54, 1.807) is 13.3 Å². The van der Waals surface area contributed by atoms with Gasteiger partial charge in [-0.3, -0.25) is 14.6 Å². The fourth-order valence-corrected chi connectivity index (χ4v) is 3.16. The second kappa shape index (κ2) is 10.0. The number of nitrogens with zero attached hydrogens (tertiary/aromatic N) is 3. The van der Waals surface area contributed by atoms with Gasteiger partial charge in [0.25, 0.3) is 5.91 Å². The van der Waals surface area contributed by atoms with Crippen molar-refractivity contribution in [2.24, 2.45) is 5.10 Å². The highest BCUT2D eigenvalue weighted by atomic mass is 16.5. The third-order valence-corrected chi connectivity index (χ3v) is 4.88. The van der Waals surface area contributed by atoms with Crippen LogP contribution in [0.5, 0.6) is 5.75 Å². The minimum atomic E-state index is -0.0863. The Morgan fingerprint density at radius 1 is 1.04 bits per heavy atom. The number of aryl methyl sites for hydroxylation is 1. The van der Waals surface area contributed by atoms with Gasteiger partial charge in [-0.2, -0.15) is 5.10 Å². The number of carbonyl (C=O) groups excluding carboxylic acids is 1. The maximum atomic E-state index is 12.1. The number of rotatable bonds is 7. The normalized spacial score (nSPS) is 15.6. The molecule has 0 aliphatic carbocycles. The van der Waals surface area contributed by atoms with Crippen LogP contribution in [0.3, 0.4) is 0 Å². The predicted octanol–water partition coefficient (Wildman–Crippen LogP) is 2.27. The van der Waals surface area contributed by atoms with E-state index in [2.05, 4.69) is 51.5 Å². The molecule has 1 fully saturated rings. The molecule has 0 aromatic heterocycles. The molecule has 2 aromatic rings. The van der Waals surface area contributed by atoms with E-state index in [-0.39, 0.29) is 5.91 Å². The third kappa shape index (κ3) is 6.18. The Bertz CT molecular complexity index is 779. The number of ether oxygens (including phenoxy) is 1. The quantitative estimate of drug-likeness (QED) is 0.591. The smallest absolute Gasteiger partial charge is 0.254 e. The molecule has 0 spiro atoms. The van der Waals surface area contributed by atoms with Crippen LogP contribution in [0.25, 0.3) is 0 Å². The van der Waals surface area contributed by atoms with Gasteiger partial charge in [-0.1, -0.05) is 29.8 Å². The van der Waals surface area contributed by atoms with Crippen molar-refractivity contribution < 1.29 is 9.53 Å². The van der Waals surface area contributed by atoms with Crippen LogP contribution < -0.4 is 10.2 Å². The first-order chi connectivity index (χ1) is 13.6. The zero-order valence-electron chi connectivity index (χ0n) is 16.6. The van der Waals surface area contributed by atoms with E-state index in [0.29, 0.717) is 6.54 Å². The van der Waals surface area contributed by atoms with Crippen LogP contribution in [0, 0.1) is 6.92 Å². The molecule has 6 nitrogen and oxygen atoms in total. The standard InChI is InChI=1S/C22H28N4O2/c1-18-3-5-20(6-4-18)16-25-11-13-26(14-12-25)17-22(27)24-23-15-19-7-9-21(28-2)10-8-19/h3-10,15H,11-14,16-17H2,1-2H3,(H,24,27)/b23-15-. The van der Waals surface area contributed by atoms with Crippen LogP contribution in [-0.4, -0.2) is 61.8 Å². The number of hydrogen-bond acceptors (Lipinski definition) is 5. The molecule has 148 valence electrons. The minimum Gasteiger partial charge on any atom is -0.497 e. The first-order valence-electron chi connectivity index (χ1n) is 9.58. The van der Waals surface area contributed by atoms with Gasteiger partial charge in [-0.15, -0.1) is 0 Å². The predicted molar refractivity (Wildman–Crippen MR) is 112 cm³/mol. The molecule has 0 radical (unpaired) electrons. The average Bonchev–Trinajstić information content (AvgIpc) is 2.72. The van der Waals surface area contributed by atoms with Crippen LogP contribution in [0.1, 0.15) is 16.7 Å². The summed E-state index contributed by atoms with van der Waals surface area (Å²) < 4.78 is 5.12. The maximum absolute atomic E-state index is 12.1. The Kier molecular flexibility index (Phi) is 7.17. The lowest BCUT2D eigenvalue weighted by Crippen LogP contribution is -2.48. The van der Waals surface area contributed by atoms with Crippen molar-refractivity contribution in [3.05, 3.63) is 65.2 Å². The summed E-state index contributed by atoms with van der Waals surface area (Å²) in [6.45, 7) is 7.16. The van der Waals surface area contributed by atoms with Crippen molar-refractivity contribution in [2.45, 2.75) is 13.5 Å². The molecular weight excluding hydrogens is 352 g/mol. The summed E-state index contributed by atoms with van der Waals surface area (Å²) in [4.78, 5) is 16.7. The van der Waals surface area contributed by atoms with Crippen molar-refractivity contribution in [3.8, 4) is 5.75 Å². The van der Waals surface area contributed by atoms with E-state index in [4.69, 9.17) is 4.74 Å². The highest BCUT2D eigenvalue weighted by Crippen LogP contribution is 2.10. The van der Waals surface area contributed by atoms with Gasteiger partial charge < -0.3 is 4.74 Å². The number of carbonyl (C=O) groups is 1. The minimum absolute atomic E-state index is 0.0863. The van der Waals surface area contributed by atoms with Crippen molar-refractivity contribution in [2.75, 3.05) is 39.8 Å². The number of nitrogens with one attached hydrogen (secondary N) is 1. The molecule has 1 N–H and O–H groups in total. The largest absolute Gasteiger partial charge is 0.497 e. The summed E-state index contributed by atoms with van der Waals surface area (Å²) in [6, 6.07) is 16.2.